The van der Waals surface area contributed by atoms with Crippen molar-refractivity contribution >= 4 is 5.78 Å². The number of nitrogens with zero attached hydrogens (tertiary/aromatic N) is 2. The molecule has 1 fully saturated rings. The first kappa shape index (κ1) is 13.3. The van der Waals surface area contributed by atoms with Gasteiger partial charge in [-0.1, -0.05) is 26.2 Å². The number of rotatable bonds is 5. The molecule has 0 aromatic carbocycles. The normalized spacial score (nSPS) is 24.1. The summed E-state index contributed by atoms with van der Waals surface area (Å²) < 4.78 is 1.86. The Morgan fingerprint density at radius 1 is 1.50 bits per heavy atom. The summed E-state index contributed by atoms with van der Waals surface area (Å²) in [5, 5.41) is 4.14. The highest BCUT2D eigenvalue weighted by atomic mass is 16.1. The van der Waals surface area contributed by atoms with Gasteiger partial charge in [0, 0.05) is 31.3 Å². The lowest BCUT2D eigenvalue weighted by Gasteiger charge is -2.27. The van der Waals surface area contributed by atoms with Crippen molar-refractivity contribution < 1.29 is 4.79 Å². The Balaban J connectivity index is 1.82. The lowest BCUT2D eigenvalue weighted by atomic mass is 9.77. The molecule has 0 radical (unpaired) electrons. The van der Waals surface area contributed by atoms with Crippen LogP contribution in [0.5, 0.6) is 0 Å². The predicted molar refractivity (Wildman–Crippen MR) is 72.3 cm³/mol. The van der Waals surface area contributed by atoms with E-state index in [1.54, 1.807) is 6.20 Å². The van der Waals surface area contributed by atoms with Crippen LogP contribution in [0, 0.1) is 11.8 Å². The topological polar surface area (TPSA) is 34.9 Å². The minimum atomic E-state index is 0.330. The number of ketones is 1. The summed E-state index contributed by atoms with van der Waals surface area (Å²) in [5.41, 5.74) is 1.16. The van der Waals surface area contributed by atoms with Gasteiger partial charge in [-0.2, -0.15) is 5.10 Å². The Bertz CT molecular complexity index is 397. The summed E-state index contributed by atoms with van der Waals surface area (Å²) in [6.45, 7) is 2.24. The number of carbonyl (C=O) groups is 1. The van der Waals surface area contributed by atoms with Crippen LogP contribution in [0.3, 0.4) is 0 Å². The van der Waals surface area contributed by atoms with E-state index in [0.717, 1.165) is 30.9 Å². The zero-order chi connectivity index (χ0) is 13.0. The van der Waals surface area contributed by atoms with E-state index in [1.807, 2.05) is 17.8 Å². The quantitative estimate of drug-likeness (QED) is 0.802. The number of hydrogen-bond donors (Lipinski definition) is 0. The number of aromatic nitrogens is 2. The first-order valence-corrected chi connectivity index (χ1v) is 7.20. The van der Waals surface area contributed by atoms with Crippen LogP contribution in [0.2, 0.25) is 0 Å². The summed E-state index contributed by atoms with van der Waals surface area (Å²) in [6, 6.07) is 2.00. The van der Waals surface area contributed by atoms with E-state index in [-0.39, 0.29) is 0 Å². The third-order valence-corrected chi connectivity index (χ3v) is 4.37. The highest BCUT2D eigenvalue weighted by Gasteiger charge is 2.25. The molecule has 0 saturated heterocycles. The maximum Gasteiger partial charge on any atom is 0.136 e. The molecule has 0 spiro atoms. The molecule has 2 unspecified atom stereocenters. The zero-order valence-electron chi connectivity index (χ0n) is 11.6. The van der Waals surface area contributed by atoms with Gasteiger partial charge in [0.05, 0.1) is 0 Å². The van der Waals surface area contributed by atoms with Gasteiger partial charge in [0.25, 0.3) is 0 Å². The average molecular weight is 248 g/mol. The summed E-state index contributed by atoms with van der Waals surface area (Å²) in [6.07, 6.45) is 9.34. The van der Waals surface area contributed by atoms with E-state index in [9.17, 15) is 4.79 Å². The highest BCUT2D eigenvalue weighted by Crippen LogP contribution is 2.32. The van der Waals surface area contributed by atoms with Gasteiger partial charge in [-0.15, -0.1) is 0 Å². The molecule has 0 aliphatic heterocycles. The molecule has 2 atom stereocenters. The van der Waals surface area contributed by atoms with Gasteiger partial charge in [-0.05, 0) is 31.2 Å². The van der Waals surface area contributed by atoms with Gasteiger partial charge < -0.3 is 0 Å². The van der Waals surface area contributed by atoms with Crippen LogP contribution in [0.1, 0.15) is 51.1 Å². The molecule has 1 aliphatic rings. The second kappa shape index (κ2) is 6.17. The van der Waals surface area contributed by atoms with Crippen LogP contribution in [0.25, 0.3) is 0 Å². The molecule has 1 heterocycles. The summed E-state index contributed by atoms with van der Waals surface area (Å²) >= 11 is 0. The van der Waals surface area contributed by atoms with Crippen LogP contribution in [0.15, 0.2) is 12.3 Å². The zero-order valence-corrected chi connectivity index (χ0v) is 11.6. The van der Waals surface area contributed by atoms with E-state index in [0.29, 0.717) is 18.1 Å². The molecule has 2 rings (SSSR count). The second-order valence-electron chi connectivity index (χ2n) is 5.55. The molecule has 0 bridgehead atoms. The Morgan fingerprint density at radius 3 is 3.00 bits per heavy atom. The fraction of sp³-hybridized carbons (Fsp3) is 0.733. The lowest BCUT2D eigenvalue weighted by Crippen LogP contribution is -2.23. The van der Waals surface area contributed by atoms with E-state index in [2.05, 4.69) is 12.0 Å². The molecule has 1 aromatic rings. The maximum atomic E-state index is 12.2. The standard InChI is InChI=1S/C15H24N2O/c1-3-12-5-4-6-13(11-12)15(18)8-7-14-9-10-16-17(14)2/h9-10,12-13H,3-8,11H2,1-2H3. The lowest BCUT2D eigenvalue weighted by molar-refractivity contribution is -0.124. The van der Waals surface area contributed by atoms with Crippen LogP contribution < -0.4 is 0 Å². The van der Waals surface area contributed by atoms with Crippen molar-refractivity contribution in [3.05, 3.63) is 18.0 Å². The summed E-state index contributed by atoms with van der Waals surface area (Å²) in [5.74, 6) is 1.58. The monoisotopic (exact) mass is 248 g/mol. The van der Waals surface area contributed by atoms with Crippen LogP contribution in [-0.2, 0) is 18.3 Å². The SMILES string of the molecule is CCC1CCCC(C(=O)CCc2ccnn2C)C1. The molecule has 1 saturated carbocycles. The van der Waals surface area contributed by atoms with Gasteiger partial charge in [0.2, 0.25) is 0 Å². The molecule has 18 heavy (non-hydrogen) atoms. The fourth-order valence-corrected chi connectivity index (χ4v) is 3.06. The third kappa shape index (κ3) is 3.21. The molecule has 0 N–H and O–H groups in total. The summed E-state index contributed by atoms with van der Waals surface area (Å²) in [7, 11) is 1.94. The Labute approximate surface area is 110 Å². The largest absolute Gasteiger partial charge is 0.299 e. The first-order valence-electron chi connectivity index (χ1n) is 7.20. The Kier molecular flexibility index (Phi) is 4.56. The number of Topliss-reactive ketones (excluding diaryl/α,β-unsaturated/α-hetero) is 1. The molecule has 100 valence electrons. The molecule has 3 nitrogen and oxygen atoms in total. The molecular formula is C15H24N2O. The van der Waals surface area contributed by atoms with E-state index in [4.69, 9.17) is 0 Å². The van der Waals surface area contributed by atoms with E-state index in [1.165, 1.54) is 19.3 Å². The van der Waals surface area contributed by atoms with Gasteiger partial charge in [0.15, 0.2) is 0 Å². The smallest absolute Gasteiger partial charge is 0.136 e. The van der Waals surface area contributed by atoms with Crippen LogP contribution in [0.4, 0.5) is 0 Å². The van der Waals surface area contributed by atoms with Gasteiger partial charge in [0.1, 0.15) is 5.78 Å². The van der Waals surface area contributed by atoms with Gasteiger partial charge in [-0.25, -0.2) is 0 Å². The minimum absolute atomic E-state index is 0.330. The minimum Gasteiger partial charge on any atom is -0.299 e. The molecule has 0 amide bonds. The third-order valence-electron chi connectivity index (χ3n) is 4.37. The van der Waals surface area contributed by atoms with E-state index < -0.39 is 0 Å². The molecule has 1 aliphatic carbocycles. The van der Waals surface area contributed by atoms with Crippen LogP contribution >= 0.6 is 0 Å². The van der Waals surface area contributed by atoms with Crippen molar-refractivity contribution in [1.82, 2.24) is 9.78 Å². The van der Waals surface area contributed by atoms with Crippen LogP contribution in [-0.4, -0.2) is 15.6 Å². The fourth-order valence-electron chi connectivity index (χ4n) is 3.06. The van der Waals surface area contributed by atoms with Crippen molar-refractivity contribution in [1.29, 1.82) is 0 Å². The van der Waals surface area contributed by atoms with Crippen molar-refractivity contribution in [3.8, 4) is 0 Å². The van der Waals surface area contributed by atoms with Crippen molar-refractivity contribution in [2.24, 2.45) is 18.9 Å². The summed E-state index contributed by atoms with van der Waals surface area (Å²) in [4.78, 5) is 12.2. The Morgan fingerprint density at radius 2 is 2.33 bits per heavy atom. The molecular weight excluding hydrogens is 224 g/mol. The van der Waals surface area contributed by atoms with Gasteiger partial charge >= 0.3 is 0 Å². The number of carbonyl (C=O) groups excluding carboxylic acids is 1. The number of hydrogen-bond acceptors (Lipinski definition) is 2. The Hall–Kier alpha value is -1.12. The number of aryl methyl sites for hydroxylation is 2. The first-order chi connectivity index (χ1) is 8.70. The average Bonchev–Trinajstić information content (AvgIpc) is 2.81. The van der Waals surface area contributed by atoms with Crippen molar-refractivity contribution in [3.63, 3.8) is 0 Å². The molecule has 3 heteroatoms. The van der Waals surface area contributed by atoms with Crippen molar-refractivity contribution in [2.45, 2.75) is 51.9 Å². The highest BCUT2D eigenvalue weighted by molar-refractivity contribution is 5.81. The molecule has 1 aromatic heterocycles. The maximum absolute atomic E-state index is 12.2. The van der Waals surface area contributed by atoms with Crippen molar-refractivity contribution in [2.75, 3.05) is 0 Å². The van der Waals surface area contributed by atoms with Gasteiger partial charge in [-0.3, -0.25) is 9.48 Å². The second-order valence-corrected chi connectivity index (χ2v) is 5.55. The van der Waals surface area contributed by atoms with E-state index >= 15 is 0 Å². The predicted octanol–water partition coefficient (Wildman–Crippen LogP) is 3.14.